The first-order chi connectivity index (χ1) is 38.0. The highest BCUT2D eigenvalue weighted by Crippen LogP contribution is 2.93. The molecular weight excluding hydrogens is 1400 g/mol. The van der Waals surface area contributed by atoms with Gasteiger partial charge in [0.1, 0.15) is 0 Å². The molecule has 0 spiro atoms. The molecule has 0 radical (unpaired) electrons. The van der Waals surface area contributed by atoms with E-state index >= 15 is 171 Å². The summed E-state index contributed by atoms with van der Waals surface area (Å²) in [7, 11) is 0. The number of aliphatic hydroxyl groups is 3. The highest BCUT2D eigenvalue weighted by Gasteiger charge is 3.27. The van der Waals surface area contributed by atoms with E-state index in [0.717, 1.165) is 0 Å². The van der Waals surface area contributed by atoms with Crippen molar-refractivity contribution in [2.45, 2.75) is 193 Å². The van der Waals surface area contributed by atoms with E-state index < -0.39 is 218 Å². The van der Waals surface area contributed by atoms with Crippen LogP contribution >= 0.6 is 0 Å². The molecule has 0 amide bonds. The lowest BCUT2D eigenvalue weighted by Gasteiger charge is -2.74. The van der Waals surface area contributed by atoms with Crippen LogP contribution in [-0.2, 0) is 14.2 Å². The van der Waals surface area contributed by atoms with Gasteiger partial charge in [0.05, 0.1) is 38.1 Å². The molecule has 0 saturated heterocycles. The van der Waals surface area contributed by atoms with E-state index in [-0.39, 0.29) is 0 Å². The van der Waals surface area contributed by atoms with Crippen molar-refractivity contribution in [3.8, 4) is 0 Å². The van der Waals surface area contributed by atoms with E-state index in [1.807, 2.05) is 0 Å². The maximum Gasteiger partial charge on any atom is 0.339 e. The van der Waals surface area contributed by atoms with Crippen molar-refractivity contribution in [2.75, 3.05) is 19.8 Å². The van der Waals surface area contributed by atoms with Gasteiger partial charge in [0.25, 0.3) is 0 Å². The average Bonchev–Trinajstić information content (AvgIpc) is 0.608. The first-order valence-corrected chi connectivity index (χ1v) is 22.0. The number of alkyl halides is 45. The van der Waals surface area contributed by atoms with Crippen LogP contribution in [0.1, 0.15) is 0 Å². The SMILES string of the molecule is OC(COC1(F)C2(F)C(F)(F)C3(F)C(F)(F)C(F)(C2(F)F)C(F)(F)C1(F)C3(F)F)C(C(O)COC1(F)C2(F)C(F)(F)C3(F)C(F)(F)C(F)(C2(F)F)C(F)(F)C1(F)C3(F)F)C(O)COC1(F)C2(F)C(F)(F)C3(F)C(F)(F)C(F)(C2(F)F)C(F)(F)C1(F)C3(F)F. The molecule has 0 aliphatic heterocycles. The number of rotatable bonds is 12. The Balaban J connectivity index is 1.21. The van der Waals surface area contributed by atoms with Crippen LogP contribution in [0.25, 0.3) is 0 Å². The van der Waals surface area contributed by atoms with Gasteiger partial charge in [-0.1, -0.05) is 0 Å². The lowest BCUT2D eigenvalue weighted by atomic mass is 9.40. The van der Waals surface area contributed by atoms with Crippen molar-refractivity contribution in [1.82, 2.24) is 0 Å². The molecule has 3 atom stereocenters. The zero-order chi connectivity index (χ0) is 69.6. The molecular formula is C37H13F45O6. The largest absolute Gasteiger partial charge is 0.390 e. The Morgan fingerprint density at radius 2 is 0.261 bits per heavy atom. The molecule has 0 aromatic rings. The molecule has 12 saturated carbocycles. The molecule has 512 valence electrons. The van der Waals surface area contributed by atoms with Crippen molar-refractivity contribution in [2.24, 2.45) is 5.92 Å². The predicted octanol–water partition coefficient (Wildman–Crippen LogP) is 10.9. The molecule has 3 unspecified atom stereocenters. The van der Waals surface area contributed by atoms with E-state index in [1.165, 1.54) is 0 Å². The van der Waals surface area contributed by atoms with Crippen LogP contribution < -0.4 is 0 Å². The topological polar surface area (TPSA) is 88.4 Å². The van der Waals surface area contributed by atoms with E-state index in [2.05, 4.69) is 14.2 Å². The van der Waals surface area contributed by atoms with Crippen LogP contribution in [0, 0.1) is 5.92 Å². The first-order valence-electron chi connectivity index (χ1n) is 22.0. The van der Waals surface area contributed by atoms with E-state index in [1.54, 1.807) is 0 Å². The van der Waals surface area contributed by atoms with Crippen molar-refractivity contribution >= 4 is 0 Å². The van der Waals surface area contributed by atoms with Gasteiger partial charge in [-0.2, -0.15) is 132 Å². The molecule has 3 N–H and O–H groups in total. The number of ether oxygens (including phenoxy) is 3. The second-order valence-corrected chi connectivity index (χ2v) is 21.5. The molecule has 0 heterocycles. The van der Waals surface area contributed by atoms with Gasteiger partial charge in [0, 0.05) is 5.92 Å². The Morgan fingerprint density at radius 3 is 0.364 bits per heavy atom. The summed E-state index contributed by atoms with van der Waals surface area (Å²) < 4.78 is 705. The van der Waals surface area contributed by atoms with Gasteiger partial charge in [-0.05, 0) is 0 Å². The number of halogens is 45. The van der Waals surface area contributed by atoms with Crippen molar-refractivity contribution in [1.29, 1.82) is 0 Å². The average molecular weight is 1410 g/mol. The van der Waals surface area contributed by atoms with Crippen molar-refractivity contribution < 1.29 is 227 Å². The summed E-state index contributed by atoms with van der Waals surface area (Å²) in [5.41, 5.74) is -106. The van der Waals surface area contributed by atoms with Gasteiger partial charge in [-0.3, -0.25) is 0 Å². The van der Waals surface area contributed by atoms with Crippen molar-refractivity contribution in [3.05, 3.63) is 0 Å². The van der Waals surface area contributed by atoms with Crippen LogP contribution in [0.5, 0.6) is 0 Å². The number of aliphatic hydroxyl groups excluding tert-OH is 3. The summed E-state index contributed by atoms with van der Waals surface area (Å²) in [5, 5.41) is 31.9. The van der Waals surface area contributed by atoms with Crippen LogP contribution in [0.3, 0.4) is 0 Å². The van der Waals surface area contributed by atoms with Gasteiger partial charge in [-0.25, -0.2) is 65.9 Å². The summed E-state index contributed by atoms with van der Waals surface area (Å²) in [4.78, 5) is 0. The van der Waals surface area contributed by atoms with E-state index in [9.17, 15) is 41.7 Å². The van der Waals surface area contributed by atoms with Crippen LogP contribution in [0.4, 0.5) is 198 Å². The second kappa shape index (κ2) is 15.1. The lowest BCUT2D eigenvalue weighted by molar-refractivity contribution is -0.617. The second-order valence-electron chi connectivity index (χ2n) is 21.5. The van der Waals surface area contributed by atoms with E-state index in [4.69, 9.17) is 0 Å². The van der Waals surface area contributed by atoms with Gasteiger partial charge in [0.2, 0.25) is 0 Å². The minimum absolute atomic E-state index is 2.65. The molecule has 12 rings (SSSR count). The highest BCUT2D eigenvalue weighted by molar-refractivity contribution is 5.57. The smallest absolute Gasteiger partial charge is 0.339 e. The minimum Gasteiger partial charge on any atom is -0.390 e. The fraction of sp³-hybridized carbons (Fsp3) is 1.00. The van der Waals surface area contributed by atoms with Gasteiger partial charge >= 0.3 is 174 Å². The minimum atomic E-state index is -8.95. The fourth-order valence-corrected chi connectivity index (χ4v) is 13.7. The molecule has 12 aliphatic carbocycles. The molecule has 0 aromatic carbocycles. The summed E-state index contributed by atoms with van der Waals surface area (Å²) in [6, 6.07) is 0. The fourth-order valence-electron chi connectivity index (χ4n) is 13.7. The quantitative estimate of drug-likeness (QED) is 0.169. The highest BCUT2D eigenvalue weighted by atomic mass is 19.4. The maximum atomic E-state index is 16.6. The van der Waals surface area contributed by atoms with Crippen LogP contribution in [0.15, 0.2) is 0 Å². The number of hydrogen-bond donors (Lipinski definition) is 3. The zero-order valence-corrected chi connectivity index (χ0v) is 39.0. The molecule has 88 heavy (non-hydrogen) atoms. The first kappa shape index (κ1) is 69.0. The molecule has 0 aromatic heterocycles. The Hall–Kier alpha value is -3.39. The molecule has 12 aliphatic rings. The van der Waals surface area contributed by atoms with E-state index in [0.29, 0.717) is 0 Å². The predicted molar refractivity (Wildman–Crippen MR) is 171 cm³/mol. The maximum absolute atomic E-state index is 16.6. The molecule has 12 bridgehead atoms. The monoisotopic (exact) mass is 1410 g/mol. The summed E-state index contributed by atoms with van der Waals surface area (Å²) >= 11 is 0. The van der Waals surface area contributed by atoms with Crippen LogP contribution in [-0.4, -0.2) is 228 Å². The Labute approximate surface area is 446 Å². The Bertz CT molecular complexity index is 2470. The number of hydrogen-bond acceptors (Lipinski definition) is 6. The summed E-state index contributed by atoms with van der Waals surface area (Å²) in [5.74, 6) is -165. The standard InChI is InChI=1S/C37H13F45O6/c38-8-20(50,51)9(39)25(60,61)14(44,23(8,56)57)35(80,15(45,24(8,58)59)26(9,62)63)86-1-4(83)7(5(84)2-87-36(81)16(46)27(64,65)10(40)21(52,53)11(41,29(16,68)69)30(70,71)17(36,47)28(10,66)67)6(85)3-88-37(82)18(48)31(72,73)12(42)22(54,55)13(43,33(18,76)77)34(78,79)19(37,49)32(12,74)75/h4-7,83-85H,1-3H2. The normalized spacial score (nSPS) is 54.0. The van der Waals surface area contributed by atoms with Gasteiger partial charge in [-0.15, -0.1) is 0 Å². The summed E-state index contributed by atoms with van der Waals surface area (Å²) in [6.45, 7) is -13.5. The third-order valence-corrected chi connectivity index (χ3v) is 18.3. The van der Waals surface area contributed by atoms with Gasteiger partial charge < -0.3 is 29.5 Å². The van der Waals surface area contributed by atoms with Gasteiger partial charge in [0.15, 0.2) is 0 Å². The Kier molecular flexibility index (Phi) is 11.8. The van der Waals surface area contributed by atoms with Crippen LogP contribution in [0.2, 0.25) is 0 Å². The third kappa shape index (κ3) is 4.48. The molecule has 6 nitrogen and oxygen atoms in total. The third-order valence-electron chi connectivity index (χ3n) is 18.3. The molecule has 12 fully saturated rings. The zero-order valence-electron chi connectivity index (χ0n) is 39.0. The summed E-state index contributed by atoms with van der Waals surface area (Å²) in [6.07, 6.45) is -16.3. The Morgan fingerprint density at radius 1 is 0.170 bits per heavy atom. The molecule has 51 heteroatoms. The lowest BCUT2D eigenvalue weighted by Crippen LogP contribution is -3.09. The van der Waals surface area contributed by atoms with Crippen molar-refractivity contribution in [3.63, 3.8) is 0 Å².